The molecule has 9 N–H and O–H groups in total. The van der Waals surface area contributed by atoms with Gasteiger partial charge < -0.3 is 37.9 Å². The molecular formula is C27H36F3N7O4. The van der Waals surface area contributed by atoms with Gasteiger partial charge in [0.2, 0.25) is 17.7 Å². The van der Waals surface area contributed by atoms with Gasteiger partial charge in [0.15, 0.2) is 5.96 Å². The third kappa shape index (κ3) is 12.6. The summed E-state index contributed by atoms with van der Waals surface area (Å²) in [4.78, 5) is 41.5. The van der Waals surface area contributed by atoms with Crippen LogP contribution in [0.15, 0.2) is 59.6 Å². The van der Waals surface area contributed by atoms with Crippen LogP contribution >= 0.6 is 0 Å². The number of halogens is 3. The lowest BCUT2D eigenvalue weighted by atomic mass is 10.0. The van der Waals surface area contributed by atoms with Crippen LogP contribution in [0.25, 0.3) is 0 Å². The highest BCUT2D eigenvalue weighted by Gasteiger charge is 2.28. The summed E-state index contributed by atoms with van der Waals surface area (Å²) in [5, 5.41) is 7.79. The number of hydrogen-bond acceptors (Lipinski definition) is 6. The highest BCUT2D eigenvalue weighted by molar-refractivity contribution is 5.93. The first-order chi connectivity index (χ1) is 19.4. The van der Waals surface area contributed by atoms with Gasteiger partial charge in [-0.2, -0.15) is 13.2 Å². The van der Waals surface area contributed by atoms with Gasteiger partial charge in [-0.05, 0) is 36.1 Å². The molecule has 0 heterocycles. The van der Waals surface area contributed by atoms with Crippen molar-refractivity contribution in [3.05, 3.63) is 65.7 Å². The highest BCUT2D eigenvalue weighted by Crippen LogP contribution is 2.15. The molecule has 0 bridgehead atoms. The van der Waals surface area contributed by atoms with Crippen molar-refractivity contribution in [2.24, 2.45) is 22.2 Å². The number of hydrogen-bond donors (Lipinski definition) is 6. The molecule has 224 valence electrons. The van der Waals surface area contributed by atoms with Gasteiger partial charge in [-0.25, -0.2) is 4.99 Å². The smallest absolute Gasteiger partial charge is 0.408 e. The molecule has 0 spiro atoms. The zero-order valence-corrected chi connectivity index (χ0v) is 22.6. The number of benzene rings is 2. The van der Waals surface area contributed by atoms with Gasteiger partial charge in [0.25, 0.3) is 0 Å². The minimum atomic E-state index is -4.47. The minimum Gasteiger partial charge on any atom is -0.497 e. The largest absolute Gasteiger partial charge is 0.497 e. The number of ether oxygens (including phenoxy) is 1. The maximum atomic E-state index is 13.3. The van der Waals surface area contributed by atoms with Gasteiger partial charge in [0, 0.05) is 19.4 Å². The summed E-state index contributed by atoms with van der Waals surface area (Å²) in [5.41, 5.74) is 18.4. The summed E-state index contributed by atoms with van der Waals surface area (Å²) < 4.78 is 41.8. The Morgan fingerprint density at radius 2 is 1.49 bits per heavy atom. The van der Waals surface area contributed by atoms with E-state index < -0.39 is 48.6 Å². The number of alkyl halides is 3. The molecule has 0 radical (unpaired) electrons. The van der Waals surface area contributed by atoms with E-state index in [4.69, 9.17) is 21.9 Å². The summed E-state index contributed by atoms with van der Waals surface area (Å²) in [6.45, 7) is -1.28. The van der Waals surface area contributed by atoms with E-state index in [-0.39, 0.29) is 38.2 Å². The van der Waals surface area contributed by atoms with Crippen molar-refractivity contribution in [1.29, 1.82) is 0 Å². The molecule has 2 aromatic rings. The lowest BCUT2D eigenvalue weighted by molar-refractivity contribution is -0.131. The predicted octanol–water partition coefficient (Wildman–Crippen LogP) is 0.509. The second-order valence-electron chi connectivity index (χ2n) is 9.26. The Kier molecular flexibility index (Phi) is 12.9. The predicted molar refractivity (Wildman–Crippen MR) is 148 cm³/mol. The summed E-state index contributed by atoms with van der Waals surface area (Å²) >= 11 is 0. The van der Waals surface area contributed by atoms with Crippen molar-refractivity contribution >= 4 is 23.7 Å². The number of methoxy groups -OCH3 is 1. The quantitative estimate of drug-likeness (QED) is 0.101. The lowest BCUT2D eigenvalue weighted by Gasteiger charge is -2.23. The Morgan fingerprint density at radius 1 is 0.902 bits per heavy atom. The fourth-order valence-corrected chi connectivity index (χ4v) is 3.73. The molecule has 0 aliphatic carbocycles. The van der Waals surface area contributed by atoms with Gasteiger partial charge in [0.05, 0.1) is 13.2 Å². The van der Waals surface area contributed by atoms with E-state index in [2.05, 4.69) is 20.9 Å². The maximum Gasteiger partial charge on any atom is 0.408 e. The molecule has 0 fully saturated rings. The molecule has 0 saturated carbocycles. The number of amides is 3. The zero-order valence-electron chi connectivity index (χ0n) is 22.6. The number of carbonyl (C=O) groups is 3. The van der Waals surface area contributed by atoms with Crippen LogP contribution in [0.4, 0.5) is 13.2 Å². The Bertz CT molecular complexity index is 1160. The number of nitrogens with zero attached hydrogens (tertiary/aromatic N) is 1. The molecule has 2 aromatic carbocycles. The number of nitrogens with two attached hydrogens (primary N) is 3. The number of nitrogens with one attached hydrogen (secondary N) is 3. The second-order valence-corrected chi connectivity index (χ2v) is 9.26. The molecular weight excluding hydrogens is 543 g/mol. The van der Waals surface area contributed by atoms with Gasteiger partial charge in [0.1, 0.15) is 24.4 Å². The molecule has 11 nitrogen and oxygen atoms in total. The monoisotopic (exact) mass is 579 g/mol. The third-order valence-electron chi connectivity index (χ3n) is 5.94. The van der Waals surface area contributed by atoms with Crippen LogP contribution in [0.5, 0.6) is 5.75 Å². The van der Waals surface area contributed by atoms with Gasteiger partial charge in [-0.15, -0.1) is 0 Å². The summed E-state index contributed by atoms with van der Waals surface area (Å²) in [5.74, 6) is -1.77. The van der Waals surface area contributed by atoms with E-state index in [1.807, 2.05) is 6.07 Å². The molecule has 41 heavy (non-hydrogen) atoms. The van der Waals surface area contributed by atoms with Crippen LogP contribution in [-0.2, 0) is 27.2 Å². The average molecular weight is 580 g/mol. The second kappa shape index (κ2) is 16.1. The Morgan fingerprint density at radius 3 is 2.07 bits per heavy atom. The van der Waals surface area contributed by atoms with Crippen molar-refractivity contribution in [2.45, 2.75) is 50.0 Å². The van der Waals surface area contributed by atoms with E-state index in [0.29, 0.717) is 11.3 Å². The summed E-state index contributed by atoms with van der Waals surface area (Å²) in [7, 11) is 1.52. The van der Waals surface area contributed by atoms with Gasteiger partial charge in [-0.1, -0.05) is 42.5 Å². The van der Waals surface area contributed by atoms with Crippen LogP contribution < -0.4 is 37.9 Å². The number of guanidine groups is 1. The number of carbonyl (C=O) groups excluding carboxylic acids is 3. The van der Waals surface area contributed by atoms with Crippen molar-refractivity contribution < 1.29 is 32.3 Å². The van der Waals surface area contributed by atoms with Crippen LogP contribution in [0.3, 0.4) is 0 Å². The zero-order chi connectivity index (χ0) is 30.4. The van der Waals surface area contributed by atoms with E-state index in [1.54, 1.807) is 48.5 Å². The molecule has 0 unspecified atom stereocenters. The van der Waals surface area contributed by atoms with Crippen molar-refractivity contribution in [3.63, 3.8) is 0 Å². The minimum absolute atomic E-state index is 0.0822. The topological polar surface area (TPSA) is 187 Å². The van der Waals surface area contributed by atoms with Crippen LogP contribution in [0, 0.1) is 0 Å². The van der Waals surface area contributed by atoms with Crippen LogP contribution in [0.2, 0.25) is 0 Å². The normalized spacial score (nSPS) is 13.9. The summed E-state index contributed by atoms with van der Waals surface area (Å²) in [6.07, 6.45) is -3.81. The van der Waals surface area contributed by atoms with Crippen molar-refractivity contribution in [3.8, 4) is 5.75 Å². The van der Waals surface area contributed by atoms with E-state index in [0.717, 1.165) is 5.56 Å². The first-order valence-electron chi connectivity index (χ1n) is 12.8. The molecule has 14 heteroatoms. The van der Waals surface area contributed by atoms with E-state index in [9.17, 15) is 27.6 Å². The van der Waals surface area contributed by atoms with Gasteiger partial charge in [-0.3, -0.25) is 14.4 Å². The average Bonchev–Trinajstić information content (AvgIpc) is 2.93. The molecule has 0 aromatic heterocycles. The highest BCUT2D eigenvalue weighted by atomic mass is 19.4. The van der Waals surface area contributed by atoms with Crippen molar-refractivity contribution in [2.75, 3.05) is 20.2 Å². The fourth-order valence-electron chi connectivity index (χ4n) is 3.73. The fraction of sp³-hybridized carbons (Fsp3) is 0.407. The molecule has 3 amide bonds. The van der Waals surface area contributed by atoms with Crippen LogP contribution in [-0.4, -0.2) is 68.2 Å². The van der Waals surface area contributed by atoms with Gasteiger partial charge >= 0.3 is 6.18 Å². The van der Waals surface area contributed by atoms with Crippen molar-refractivity contribution in [1.82, 2.24) is 16.0 Å². The SMILES string of the molecule is COc1ccc(C[C@H](NC(=O)[C@@H](N)CCCNC(N)=NCC(F)(F)F)C(=O)N[C@@H](Cc2ccccc2)C(N)=O)cc1. The van der Waals surface area contributed by atoms with E-state index in [1.165, 1.54) is 7.11 Å². The Balaban J connectivity index is 2.04. The van der Waals surface area contributed by atoms with Crippen LogP contribution in [0.1, 0.15) is 24.0 Å². The third-order valence-corrected chi connectivity index (χ3v) is 5.94. The molecule has 0 aliphatic heterocycles. The maximum absolute atomic E-state index is 13.3. The molecule has 0 saturated heterocycles. The Labute approximate surface area is 236 Å². The standard InChI is InChI=1S/C27H36F3N7O4/c1-41-19-11-9-18(10-12-19)15-22(25(40)36-21(23(32)38)14-17-6-3-2-4-7-17)37-24(39)20(31)8-5-13-34-26(33)35-16-27(28,29)30/h2-4,6-7,9-12,20-22H,5,8,13-16,31H2,1H3,(H2,32,38)(H,36,40)(H,37,39)(H3,33,34,35)/t20-,21-,22-/m0/s1. The first-order valence-corrected chi connectivity index (χ1v) is 12.8. The molecule has 2 rings (SSSR count). The number of primary amides is 1. The van der Waals surface area contributed by atoms with E-state index >= 15 is 0 Å². The lowest BCUT2D eigenvalue weighted by Crippen LogP contribution is -2.56. The molecule has 0 aliphatic rings. The molecule has 3 atom stereocenters. The Hall–Kier alpha value is -4.33. The number of rotatable bonds is 15. The number of aliphatic imine (C=N–C) groups is 1. The first kappa shape index (κ1) is 32.9. The summed E-state index contributed by atoms with van der Waals surface area (Å²) in [6, 6.07) is 12.7.